The Morgan fingerprint density at radius 1 is 1.03 bits per heavy atom. The molecule has 2 N–H and O–H groups in total. The number of halogens is 3. The third-order valence-corrected chi connectivity index (χ3v) is 6.24. The van der Waals surface area contributed by atoms with Crippen molar-refractivity contribution in [2.24, 2.45) is 0 Å². The highest BCUT2D eigenvalue weighted by Crippen LogP contribution is 2.40. The predicted molar refractivity (Wildman–Crippen MR) is 109 cm³/mol. The van der Waals surface area contributed by atoms with Crippen LogP contribution in [-0.4, -0.2) is 31.2 Å². The van der Waals surface area contributed by atoms with Crippen molar-refractivity contribution in [3.63, 3.8) is 0 Å². The van der Waals surface area contributed by atoms with E-state index in [1.54, 1.807) is 0 Å². The van der Waals surface area contributed by atoms with Crippen LogP contribution in [0.5, 0.6) is 23.0 Å². The number of ether oxygens (including phenoxy) is 2. The molecule has 0 amide bonds. The van der Waals surface area contributed by atoms with E-state index in [9.17, 15) is 31.5 Å². The number of carboxylic acids is 1. The molecule has 0 saturated heterocycles. The van der Waals surface area contributed by atoms with E-state index in [1.165, 1.54) is 19.1 Å². The van der Waals surface area contributed by atoms with Gasteiger partial charge in [0.1, 0.15) is 33.7 Å². The summed E-state index contributed by atoms with van der Waals surface area (Å²) in [6.45, 7) is 0.691. The summed E-state index contributed by atoms with van der Waals surface area (Å²) in [4.78, 5) is 9.80. The van der Waals surface area contributed by atoms with Gasteiger partial charge in [0.2, 0.25) is 9.84 Å². The zero-order chi connectivity index (χ0) is 24.3. The van der Waals surface area contributed by atoms with Crippen LogP contribution in [0.3, 0.4) is 0 Å². The number of phenols is 1. The van der Waals surface area contributed by atoms with Crippen molar-refractivity contribution in [1.82, 2.24) is 0 Å². The lowest BCUT2D eigenvalue weighted by molar-refractivity contribution is -0.139. The van der Waals surface area contributed by atoms with Gasteiger partial charge in [-0.2, -0.15) is 0 Å². The van der Waals surface area contributed by atoms with Crippen LogP contribution in [0.2, 0.25) is 0 Å². The van der Waals surface area contributed by atoms with Gasteiger partial charge in [0, 0.05) is 6.07 Å². The second-order valence-electron chi connectivity index (χ2n) is 6.83. The highest BCUT2D eigenvalue weighted by molar-refractivity contribution is 7.91. The van der Waals surface area contributed by atoms with Crippen molar-refractivity contribution in [2.45, 2.75) is 23.1 Å². The molecule has 0 heterocycles. The number of carbonyl (C=O) groups is 1. The van der Waals surface area contributed by atoms with Crippen LogP contribution in [0.4, 0.5) is 13.2 Å². The van der Waals surface area contributed by atoms with Crippen molar-refractivity contribution < 1.29 is 46.1 Å². The molecule has 0 saturated carbocycles. The second kappa shape index (κ2) is 9.41. The maximum Gasteiger partial charge on any atom is 0.341 e. The third-order valence-electron chi connectivity index (χ3n) is 4.44. The van der Waals surface area contributed by atoms with Gasteiger partial charge >= 0.3 is 5.97 Å². The average molecular weight is 482 g/mol. The fourth-order valence-electron chi connectivity index (χ4n) is 2.93. The number of hydrogen-bond donors (Lipinski definition) is 2. The van der Waals surface area contributed by atoms with Crippen LogP contribution >= 0.6 is 0 Å². The smallest absolute Gasteiger partial charge is 0.341 e. The number of benzene rings is 3. The molecule has 33 heavy (non-hydrogen) atoms. The van der Waals surface area contributed by atoms with E-state index in [-0.39, 0.29) is 27.7 Å². The minimum Gasteiger partial charge on any atom is -0.507 e. The summed E-state index contributed by atoms with van der Waals surface area (Å²) in [6, 6.07) is 9.30. The van der Waals surface area contributed by atoms with Gasteiger partial charge in [0.05, 0.1) is 10.5 Å². The van der Waals surface area contributed by atoms with Crippen LogP contribution in [0.25, 0.3) is 0 Å². The van der Waals surface area contributed by atoms with Crippen molar-refractivity contribution in [2.75, 3.05) is 6.61 Å². The van der Waals surface area contributed by atoms with Crippen LogP contribution in [0.15, 0.2) is 64.4 Å². The molecule has 0 fully saturated rings. The van der Waals surface area contributed by atoms with E-state index in [0.717, 1.165) is 42.5 Å². The third kappa shape index (κ3) is 5.37. The van der Waals surface area contributed by atoms with Crippen LogP contribution in [0, 0.1) is 12.7 Å². The summed E-state index contributed by atoms with van der Waals surface area (Å²) in [5.41, 5.74) is -0.435. The van der Waals surface area contributed by atoms with Gasteiger partial charge in [0.25, 0.3) is 6.43 Å². The first-order valence-corrected chi connectivity index (χ1v) is 10.8. The summed E-state index contributed by atoms with van der Waals surface area (Å²) in [6.07, 6.45) is -3.02. The Morgan fingerprint density at radius 2 is 1.70 bits per heavy atom. The fraction of sp³-hybridized carbons (Fsp3) is 0.136. The minimum absolute atomic E-state index is 0.108. The molecule has 3 aromatic carbocycles. The first-order chi connectivity index (χ1) is 15.5. The van der Waals surface area contributed by atoms with Gasteiger partial charge in [-0.15, -0.1) is 0 Å². The molecule has 3 aromatic rings. The maximum atomic E-state index is 13.7. The molecule has 0 radical (unpaired) electrons. The molecule has 0 aromatic heterocycles. The summed E-state index contributed by atoms with van der Waals surface area (Å²) >= 11 is 0. The molecule has 0 aliphatic rings. The molecule has 174 valence electrons. The van der Waals surface area contributed by atoms with Gasteiger partial charge in [0.15, 0.2) is 6.61 Å². The molecule has 0 unspecified atom stereocenters. The lowest BCUT2D eigenvalue weighted by Gasteiger charge is -2.16. The van der Waals surface area contributed by atoms with E-state index < -0.39 is 50.9 Å². The molecular formula is C22H17F3O7S. The van der Waals surface area contributed by atoms with Gasteiger partial charge in [-0.05, 0) is 61.0 Å². The van der Waals surface area contributed by atoms with Gasteiger partial charge in [-0.1, -0.05) is 0 Å². The Morgan fingerprint density at radius 3 is 2.30 bits per heavy atom. The van der Waals surface area contributed by atoms with E-state index in [2.05, 4.69) is 0 Å². The lowest BCUT2D eigenvalue weighted by Crippen LogP contribution is -2.10. The number of rotatable bonds is 8. The minimum atomic E-state index is -4.28. The second-order valence-corrected chi connectivity index (χ2v) is 8.75. The number of carboxylic acid groups (broad SMARTS) is 1. The molecule has 0 spiro atoms. The molecule has 0 bridgehead atoms. The Hall–Kier alpha value is -3.73. The van der Waals surface area contributed by atoms with Gasteiger partial charge < -0.3 is 19.7 Å². The summed E-state index contributed by atoms with van der Waals surface area (Å²) in [5, 5.41) is 18.8. The first-order valence-electron chi connectivity index (χ1n) is 9.28. The number of aryl methyl sites for hydroxylation is 1. The molecule has 3 rings (SSSR count). The van der Waals surface area contributed by atoms with Crippen LogP contribution < -0.4 is 9.47 Å². The summed E-state index contributed by atoms with van der Waals surface area (Å²) in [5.74, 6) is -3.12. The number of alkyl halides is 2. The quantitative estimate of drug-likeness (QED) is 0.441. The molecule has 0 aliphatic heterocycles. The Bertz CT molecular complexity index is 1290. The number of aromatic hydroxyl groups is 1. The normalized spacial score (nSPS) is 11.4. The van der Waals surface area contributed by atoms with Crippen molar-refractivity contribution >= 4 is 15.8 Å². The Labute approximate surface area is 186 Å². The van der Waals surface area contributed by atoms with E-state index in [1.807, 2.05) is 0 Å². The number of aliphatic carboxylic acids is 1. The van der Waals surface area contributed by atoms with Gasteiger partial charge in [-0.25, -0.2) is 26.4 Å². The Balaban J connectivity index is 2.01. The van der Waals surface area contributed by atoms with E-state index >= 15 is 0 Å². The SMILES string of the molecule is Cc1cc(OCC(=O)O)cc(C(F)F)c1Oc1ccc(O)c(S(=O)(=O)c2ccc(F)cc2)c1. The number of sulfone groups is 1. The predicted octanol–water partition coefficient (Wildman–Crippen LogP) is 4.87. The summed E-state index contributed by atoms with van der Waals surface area (Å²) in [7, 11) is -4.28. The zero-order valence-corrected chi connectivity index (χ0v) is 17.8. The van der Waals surface area contributed by atoms with Gasteiger partial charge in [-0.3, -0.25) is 0 Å². The van der Waals surface area contributed by atoms with Crippen LogP contribution in [0.1, 0.15) is 17.6 Å². The van der Waals surface area contributed by atoms with Crippen molar-refractivity contribution in [3.8, 4) is 23.0 Å². The number of phenolic OH excluding ortho intramolecular Hbond substituents is 1. The highest BCUT2D eigenvalue weighted by atomic mass is 32.2. The first kappa shape index (κ1) is 23.9. The van der Waals surface area contributed by atoms with Crippen molar-refractivity contribution in [1.29, 1.82) is 0 Å². The fourth-order valence-corrected chi connectivity index (χ4v) is 4.29. The maximum absolute atomic E-state index is 13.7. The topological polar surface area (TPSA) is 110 Å². The lowest BCUT2D eigenvalue weighted by atomic mass is 10.1. The molecule has 11 heteroatoms. The Kier molecular flexibility index (Phi) is 6.82. The molecule has 0 aliphatic carbocycles. The standard InChI is InChI=1S/C22H17F3O7S/c1-12-8-15(31-11-20(27)28)9-17(22(24)25)21(12)32-14-4-7-18(26)19(10-14)33(29,30)16-5-2-13(23)3-6-16/h2-10,22,26H,11H2,1H3,(H,27,28). The summed E-state index contributed by atoms with van der Waals surface area (Å²) < 4.78 is 76.7. The molecule has 0 atom stereocenters. The molecular weight excluding hydrogens is 465 g/mol. The van der Waals surface area contributed by atoms with E-state index in [4.69, 9.17) is 14.6 Å². The zero-order valence-electron chi connectivity index (χ0n) is 17.0. The monoisotopic (exact) mass is 482 g/mol. The average Bonchev–Trinajstić information content (AvgIpc) is 2.75. The largest absolute Gasteiger partial charge is 0.507 e. The highest BCUT2D eigenvalue weighted by Gasteiger charge is 2.24. The molecule has 7 nitrogen and oxygen atoms in total. The number of hydrogen-bond acceptors (Lipinski definition) is 6. The van der Waals surface area contributed by atoms with Crippen LogP contribution in [-0.2, 0) is 14.6 Å². The van der Waals surface area contributed by atoms with E-state index in [0.29, 0.717) is 0 Å². The van der Waals surface area contributed by atoms with Crippen molar-refractivity contribution in [3.05, 3.63) is 71.5 Å².